The van der Waals surface area contributed by atoms with Crippen molar-refractivity contribution in [3.8, 4) is 0 Å². The van der Waals surface area contributed by atoms with Crippen molar-refractivity contribution < 1.29 is 80.2 Å². The van der Waals surface area contributed by atoms with Gasteiger partial charge in [0, 0.05) is 25.7 Å². The van der Waals surface area contributed by atoms with Crippen molar-refractivity contribution >= 4 is 39.5 Å². The van der Waals surface area contributed by atoms with E-state index in [1.165, 1.54) is 25.7 Å². The van der Waals surface area contributed by atoms with Gasteiger partial charge in [-0.1, -0.05) is 244 Å². The number of carbonyl (C=O) groups excluding carboxylic acids is 4. The van der Waals surface area contributed by atoms with Gasteiger partial charge in [0.2, 0.25) is 0 Å². The summed E-state index contributed by atoms with van der Waals surface area (Å²) in [6, 6.07) is 0. The Morgan fingerprint density at radius 1 is 0.290 bits per heavy atom. The van der Waals surface area contributed by atoms with Crippen molar-refractivity contribution in [3.63, 3.8) is 0 Å². The van der Waals surface area contributed by atoms with Crippen LogP contribution in [0.4, 0.5) is 0 Å². The Labute approximate surface area is 605 Å². The van der Waals surface area contributed by atoms with E-state index in [-0.39, 0.29) is 25.7 Å². The summed E-state index contributed by atoms with van der Waals surface area (Å²) in [6.45, 7) is 4.39. The predicted octanol–water partition coefficient (Wildman–Crippen LogP) is 21.9. The molecule has 17 nitrogen and oxygen atoms in total. The fourth-order valence-electron chi connectivity index (χ4n) is 9.56. The van der Waals surface area contributed by atoms with Crippen LogP contribution in [0.1, 0.15) is 285 Å². The first-order valence-electron chi connectivity index (χ1n) is 38.1. The Hall–Kier alpha value is -5.06. The van der Waals surface area contributed by atoms with E-state index < -0.39 is 97.5 Å². The van der Waals surface area contributed by atoms with Gasteiger partial charge in [0.1, 0.15) is 19.3 Å². The summed E-state index contributed by atoms with van der Waals surface area (Å²) in [5.41, 5.74) is 0. The molecule has 0 saturated carbocycles. The number of phosphoric acid groups is 2. The first-order valence-corrected chi connectivity index (χ1v) is 41.1. The molecule has 0 aromatic carbocycles. The van der Waals surface area contributed by atoms with Crippen LogP contribution in [0.2, 0.25) is 0 Å². The summed E-state index contributed by atoms with van der Waals surface area (Å²) in [4.78, 5) is 72.8. The molecule has 0 fully saturated rings. The highest BCUT2D eigenvalue weighted by Crippen LogP contribution is 2.45. The first kappa shape index (κ1) is 94.9. The molecule has 570 valence electrons. The Bertz CT molecular complexity index is 2470. The van der Waals surface area contributed by atoms with E-state index >= 15 is 0 Å². The lowest BCUT2D eigenvalue weighted by Crippen LogP contribution is -2.30. The summed E-state index contributed by atoms with van der Waals surface area (Å²) in [6.07, 6.45) is 81.3. The van der Waals surface area contributed by atoms with Crippen molar-refractivity contribution in [2.24, 2.45) is 0 Å². The van der Waals surface area contributed by atoms with E-state index in [0.29, 0.717) is 32.1 Å². The second kappa shape index (κ2) is 72.3. The summed E-state index contributed by atoms with van der Waals surface area (Å²) < 4.78 is 68.4. The molecule has 100 heavy (non-hydrogen) atoms. The van der Waals surface area contributed by atoms with Crippen LogP contribution in [0.5, 0.6) is 0 Å². The number of allylic oxidation sites excluding steroid dienone is 24. The molecule has 0 aliphatic heterocycles. The minimum atomic E-state index is -5.00. The standard InChI is InChI=1S/C81H134O17P2/c1-5-9-13-17-21-25-29-33-36-37-40-43-46-50-54-58-62-66-79(84)92-71-76(97-80(85)67-63-59-55-51-47-41-32-28-24-20-16-12-8-4)73-95-99(87,88)93-69-75(82)70-94-100(89,90)96-74-77(98-81(86)68-64-60-56-52-48-44-39-35-31-27-23-19-15-11-7-3)72-91-78(83)65-61-57-53-49-45-42-38-34-30-26-22-18-14-10-6-2/h9-11,13-15,21-23,25-28,32-36,38-39,45,48-49,52,75-77,82H,5-8,12,16-20,24,29-31,37,40-44,46-47,50-51,53-74H2,1-4H3,(H,87,88)(H,89,90)/b13-9-,14-10-,15-11-,25-21-,26-22-,27-23-,32-28-,36-33-,38-34-,39-35-,49-45-,52-48-. The number of aliphatic hydroxyl groups is 1. The third-order valence-corrected chi connectivity index (χ3v) is 17.2. The number of hydrogen-bond donors (Lipinski definition) is 3. The van der Waals surface area contributed by atoms with Gasteiger partial charge < -0.3 is 33.8 Å². The van der Waals surface area contributed by atoms with Crippen molar-refractivity contribution in [2.45, 2.75) is 303 Å². The van der Waals surface area contributed by atoms with E-state index in [4.69, 9.17) is 37.0 Å². The van der Waals surface area contributed by atoms with Crippen LogP contribution in [0.25, 0.3) is 0 Å². The molecule has 0 saturated heterocycles. The van der Waals surface area contributed by atoms with Gasteiger partial charge in [-0.3, -0.25) is 37.3 Å². The minimum Gasteiger partial charge on any atom is -0.462 e. The number of rotatable bonds is 70. The van der Waals surface area contributed by atoms with Crippen molar-refractivity contribution in [1.82, 2.24) is 0 Å². The average molecular weight is 1440 g/mol. The molecule has 0 heterocycles. The summed E-state index contributed by atoms with van der Waals surface area (Å²) in [7, 11) is -9.99. The number of esters is 4. The maximum atomic E-state index is 13.1. The molecule has 0 aliphatic carbocycles. The summed E-state index contributed by atoms with van der Waals surface area (Å²) in [5, 5.41) is 10.6. The third kappa shape index (κ3) is 71.3. The Balaban J connectivity index is 5.43. The van der Waals surface area contributed by atoms with Gasteiger partial charge in [0.25, 0.3) is 0 Å². The smallest absolute Gasteiger partial charge is 0.462 e. The molecule has 0 rings (SSSR count). The molecule has 0 aromatic rings. The first-order chi connectivity index (χ1) is 48.7. The van der Waals surface area contributed by atoms with Gasteiger partial charge in [0.15, 0.2) is 12.2 Å². The van der Waals surface area contributed by atoms with E-state index in [9.17, 15) is 43.2 Å². The fraction of sp³-hybridized carbons (Fsp3) is 0.654. The fourth-order valence-corrected chi connectivity index (χ4v) is 11.1. The number of ether oxygens (including phenoxy) is 4. The molecule has 0 bridgehead atoms. The second-order valence-corrected chi connectivity index (χ2v) is 27.7. The molecule has 0 aliphatic rings. The number of unbranched alkanes of at least 4 members (excludes halogenated alkanes) is 20. The van der Waals surface area contributed by atoms with Crippen LogP contribution >= 0.6 is 15.6 Å². The SMILES string of the molecule is CC/C=C\C/C=C\C/C=C\C/C=C\CCCCC(=O)OCC(COP(=O)(O)OCC(O)COP(=O)(O)OCC(COC(=O)CCCCCCCCC/C=C\C/C=C\C/C=C\CC)OC(=O)CCCCCCC/C=C\CCCCCC)OC(=O)CCCC/C=C\C/C=C\C/C=C\C/C=C\CC. The zero-order valence-corrected chi connectivity index (χ0v) is 63.9. The molecule has 0 radical (unpaired) electrons. The lowest BCUT2D eigenvalue weighted by Gasteiger charge is -2.21. The zero-order valence-electron chi connectivity index (χ0n) is 62.1. The number of aliphatic hydroxyl groups excluding tert-OH is 1. The van der Waals surface area contributed by atoms with Gasteiger partial charge >= 0.3 is 39.5 Å². The molecule has 0 aromatic heterocycles. The Kier molecular flexibility index (Phi) is 68.6. The van der Waals surface area contributed by atoms with Crippen molar-refractivity contribution in [2.75, 3.05) is 39.6 Å². The number of carbonyl (C=O) groups is 4. The topological polar surface area (TPSA) is 237 Å². The van der Waals surface area contributed by atoms with Gasteiger partial charge in [0.05, 0.1) is 26.4 Å². The van der Waals surface area contributed by atoms with E-state index in [2.05, 4.69) is 174 Å². The molecule has 0 amide bonds. The number of hydrogen-bond acceptors (Lipinski definition) is 15. The van der Waals surface area contributed by atoms with Crippen LogP contribution in [-0.4, -0.2) is 96.7 Å². The predicted molar refractivity (Wildman–Crippen MR) is 408 cm³/mol. The van der Waals surface area contributed by atoms with Crippen LogP contribution in [0.3, 0.4) is 0 Å². The van der Waals surface area contributed by atoms with E-state index in [1.54, 1.807) is 0 Å². The normalized spacial score (nSPS) is 14.8. The lowest BCUT2D eigenvalue weighted by molar-refractivity contribution is -0.161. The van der Waals surface area contributed by atoms with Gasteiger partial charge in [-0.15, -0.1) is 0 Å². The average Bonchev–Trinajstić information content (AvgIpc) is 0.988. The third-order valence-electron chi connectivity index (χ3n) is 15.3. The highest BCUT2D eigenvalue weighted by molar-refractivity contribution is 7.47. The highest BCUT2D eigenvalue weighted by Gasteiger charge is 2.30. The summed E-state index contributed by atoms with van der Waals surface area (Å²) >= 11 is 0. The molecule has 0 spiro atoms. The van der Waals surface area contributed by atoms with Crippen LogP contribution in [0.15, 0.2) is 146 Å². The second-order valence-electron chi connectivity index (χ2n) is 24.8. The Morgan fingerprint density at radius 3 is 0.830 bits per heavy atom. The summed E-state index contributed by atoms with van der Waals surface area (Å²) in [5.74, 6) is -2.30. The van der Waals surface area contributed by atoms with Gasteiger partial charge in [-0.2, -0.15) is 0 Å². The van der Waals surface area contributed by atoms with E-state index in [0.717, 1.165) is 173 Å². The van der Waals surface area contributed by atoms with Crippen LogP contribution < -0.4 is 0 Å². The Morgan fingerprint density at radius 2 is 0.520 bits per heavy atom. The van der Waals surface area contributed by atoms with Crippen molar-refractivity contribution in [3.05, 3.63) is 146 Å². The molecular weight excluding hydrogens is 1310 g/mol. The minimum absolute atomic E-state index is 0.0290. The zero-order chi connectivity index (χ0) is 73.2. The van der Waals surface area contributed by atoms with Crippen LogP contribution in [-0.2, 0) is 65.4 Å². The molecule has 3 N–H and O–H groups in total. The quantitative estimate of drug-likeness (QED) is 0.0169. The molecular formula is C81H134O17P2. The molecule has 5 atom stereocenters. The van der Waals surface area contributed by atoms with Gasteiger partial charge in [-0.05, 0) is 161 Å². The highest BCUT2D eigenvalue weighted by atomic mass is 31.2. The maximum absolute atomic E-state index is 13.1. The lowest BCUT2D eigenvalue weighted by atomic mass is 10.1. The number of phosphoric ester groups is 2. The van der Waals surface area contributed by atoms with E-state index in [1.807, 2.05) is 0 Å². The molecule has 19 heteroatoms. The largest absolute Gasteiger partial charge is 0.472 e. The van der Waals surface area contributed by atoms with Gasteiger partial charge in [-0.25, -0.2) is 9.13 Å². The van der Waals surface area contributed by atoms with Crippen molar-refractivity contribution in [1.29, 1.82) is 0 Å². The maximum Gasteiger partial charge on any atom is 0.472 e. The molecule has 5 unspecified atom stereocenters. The monoisotopic (exact) mass is 1440 g/mol. The van der Waals surface area contributed by atoms with Crippen LogP contribution in [0, 0.1) is 0 Å².